The van der Waals surface area contributed by atoms with Crippen LogP contribution in [0.1, 0.15) is 23.8 Å². The van der Waals surface area contributed by atoms with E-state index < -0.39 is 0 Å². The number of hydrogen-bond acceptors (Lipinski definition) is 5. The van der Waals surface area contributed by atoms with Gasteiger partial charge in [0.05, 0.1) is 5.69 Å². The predicted molar refractivity (Wildman–Crippen MR) is 108 cm³/mol. The second kappa shape index (κ2) is 6.63. The van der Waals surface area contributed by atoms with Crippen molar-refractivity contribution in [3.63, 3.8) is 0 Å². The fourth-order valence-corrected chi connectivity index (χ4v) is 3.39. The second-order valence-electron chi connectivity index (χ2n) is 7.28. The summed E-state index contributed by atoms with van der Waals surface area (Å²) in [6.45, 7) is 2.06. The molecule has 1 aromatic carbocycles. The van der Waals surface area contributed by atoms with Crippen molar-refractivity contribution in [3.8, 4) is 11.3 Å². The molecule has 1 aliphatic rings. The summed E-state index contributed by atoms with van der Waals surface area (Å²) in [6.07, 6.45) is 2.59. The number of fused-ring (bicyclic) bond motifs is 1. The molecule has 144 valence electrons. The standard InChI is InChI=1S/C20H22N6O2/c1-10-4-13(10)19(27)24-18-7-11-5-12(6-15(21)14(11)9-23-18)17-8-16(20(28)22-2)25-26(17)3/h5-10,13H,4,21H2,1-3H3,(H,22,28)(H,23,24,27)/t10-,13-/m0/s1. The van der Waals surface area contributed by atoms with Crippen LogP contribution >= 0.6 is 0 Å². The van der Waals surface area contributed by atoms with Crippen LogP contribution in [0.3, 0.4) is 0 Å². The Balaban J connectivity index is 1.71. The lowest BCUT2D eigenvalue weighted by atomic mass is 10.0. The van der Waals surface area contributed by atoms with Gasteiger partial charge in [-0.25, -0.2) is 4.98 Å². The lowest BCUT2D eigenvalue weighted by Gasteiger charge is -2.09. The molecule has 28 heavy (non-hydrogen) atoms. The number of rotatable bonds is 4. The quantitative estimate of drug-likeness (QED) is 0.602. The van der Waals surface area contributed by atoms with Crippen molar-refractivity contribution in [3.05, 3.63) is 36.2 Å². The fraction of sp³-hybridized carbons (Fsp3) is 0.300. The number of aromatic nitrogens is 3. The molecule has 2 aromatic heterocycles. The van der Waals surface area contributed by atoms with Gasteiger partial charge in [-0.3, -0.25) is 14.3 Å². The Morgan fingerprint density at radius 3 is 2.68 bits per heavy atom. The molecule has 1 aliphatic carbocycles. The van der Waals surface area contributed by atoms with Gasteiger partial charge in [0.2, 0.25) is 5.91 Å². The zero-order valence-corrected chi connectivity index (χ0v) is 16.0. The molecule has 1 saturated carbocycles. The van der Waals surface area contributed by atoms with Crippen molar-refractivity contribution in [2.24, 2.45) is 18.9 Å². The van der Waals surface area contributed by atoms with Gasteiger partial charge in [0.1, 0.15) is 5.82 Å². The number of nitrogens with two attached hydrogens (primary N) is 1. The van der Waals surface area contributed by atoms with E-state index in [1.54, 1.807) is 31.0 Å². The Hall–Kier alpha value is -3.42. The first-order valence-electron chi connectivity index (χ1n) is 9.14. The van der Waals surface area contributed by atoms with Crippen LogP contribution < -0.4 is 16.4 Å². The number of benzene rings is 1. The Kier molecular flexibility index (Phi) is 4.26. The maximum absolute atomic E-state index is 12.2. The fourth-order valence-electron chi connectivity index (χ4n) is 3.39. The Bertz CT molecular complexity index is 1100. The van der Waals surface area contributed by atoms with E-state index in [0.717, 1.165) is 28.5 Å². The molecule has 4 rings (SSSR count). The van der Waals surface area contributed by atoms with Gasteiger partial charge in [-0.2, -0.15) is 5.10 Å². The minimum Gasteiger partial charge on any atom is -0.398 e. The summed E-state index contributed by atoms with van der Waals surface area (Å²) in [7, 11) is 3.34. The third kappa shape index (κ3) is 3.17. The average molecular weight is 378 g/mol. The first-order chi connectivity index (χ1) is 13.4. The number of aryl methyl sites for hydroxylation is 1. The van der Waals surface area contributed by atoms with Crippen LogP contribution in [-0.2, 0) is 11.8 Å². The second-order valence-corrected chi connectivity index (χ2v) is 7.28. The minimum absolute atomic E-state index is 0.00494. The van der Waals surface area contributed by atoms with Crippen LogP contribution in [0.5, 0.6) is 0 Å². The molecule has 2 heterocycles. The lowest BCUT2D eigenvalue weighted by Crippen LogP contribution is -2.18. The molecule has 2 amide bonds. The summed E-state index contributed by atoms with van der Waals surface area (Å²) >= 11 is 0. The Morgan fingerprint density at radius 1 is 1.25 bits per heavy atom. The topological polar surface area (TPSA) is 115 Å². The largest absolute Gasteiger partial charge is 0.398 e. The van der Waals surface area contributed by atoms with Crippen LogP contribution in [0.2, 0.25) is 0 Å². The molecule has 8 nitrogen and oxygen atoms in total. The van der Waals surface area contributed by atoms with Gasteiger partial charge in [0.15, 0.2) is 5.69 Å². The molecule has 0 aliphatic heterocycles. The van der Waals surface area contributed by atoms with Crippen LogP contribution in [0.4, 0.5) is 11.5 Å². The van der Waals surface area contributed by atoms with E-state index in [9.17, 15) is 9.59 Å². The van der Waals surface area contributed by atoms with Crippen molar-refractivity contribution in [1.29, 1.82) is 0 Å². The number of anilines is 2. The minimum atomic E-state index is -0.251. The summed E-state index contributed by atoms with van der Waals surface area (Å²) in [4.78, 5) is 28.4. The maximum atomic E-state index is 12.2. The number of amides is 2. The molecular weight excluding hydrogens is 356 g/mol. The van der Waals surface area contributed by atoms with E-state index in [2.05, 4.69) is 27.6 Å². The highest BCUT2D eigenvalue weighted by Crippen LogP contribution is 2.38. The summed E-state index contributed by atoms with van der Waals surface area (Å²) in [5.74, 6) is 0.766. The number of carbonyl (C=O) groups is 2. The summed E-state index contributed by atoms with van der Waals surface area (Å²) in [5, 5.41) is 11.4. The van der Waals surface area contributed by atoms with Crippen LogP contribution in [0.15, 0.2) is 30.5 Å². The van der Waals surface area contributed by atoms with Gasteiger partial charge >= 0.3 is 0 Å². The SMILES string of the molecule is CNC(=O)c1cc(-c2cc(N)c3cnc(NC(=O)[C@H]4C[C@@H]4C)cc3c2)n(C)n1. The number of pyridine rings is 1. The first kappa shape index (κ1) is 18.0. The van der Waals surface area contributed by atoms with Gasteiger partial charge in [0.25, 0.3) is 5.91 Å². The molecule has 8 heteroatoms. The van der Waals surface area contributed by atoms with Gasteiger partial charge in [-0.1, -0.05) is 6.92 Å². The van der Waals surface area contributed by atoms with Crippen molar-refractivity contribution in [2.75, 3.05) is 18.1 Å². The summed E-state index contributed by atoms with van der Waals surface area (Å²) < 4.78 is 1.64. The van der Waals surface area contributed by atoms with E-state index in [-0.39, 0.29) is 17.7 Å². The zero-order valence-electron chi connectivity index (χ0n) is 16.0. The molecule has 1 fully saturated rings. The molecular formula is C20H22N6O2. The number of hydrogen-bond donors (Lipinski definition) is 3. The van der Waals surface area contributed by atoms with Gasteiger partial charge in [0, 0.05) is 42.8 Å². The van der Waals surface area contributed by atoms with E-state index in [0.29, 0.717) is 23.1 Å². The normalized spacial score (nSPS) is 18.1. The Morgan fingerprint density at radius 2 is 2.00 bits per heavy atom. The first-order valence-corrected chi connectivity index (χ1v) is 9.14. The predicted octanol–water partition coefficient (Wildman–Crippen LogP) is 2.17. The third-order valence-electron chi connectivity index (χ3n) is 5.20. The zero-order chi connectivity index (χ0) is 20.0. The van der Waals surface area contributed by atoms with Gasteiger partial charge in [-0.05, 0) is 42.0 Å². The molecule has 0 radical (unpaired) electrons. The molecule has 0 unspecified atom stereocenters. The monoisotopic (exact) mass is 378 g/mol. The highest BCUT2D eigenvalue weighted by atomic mass is 16.2. The molecule has 0 bridgehead atoms. The number of carbonyl (C=O) groups excluding carboxylic acids is 2. The van der Waals surface area contributed by atoms with E-state index in [1.807, 2.05) is 18.2 Å². The molecule has 0 saturated heterocycles. The van der Waals surface area contributed by atoms with Crippen molar-refractivity contribution >= 4 is 34.1 Å². The molecule has 4 N–H and O–H groups in total. The van der Waals surface area contributed by atoms with Crippen LogP contribution in [0, 0.1) is 11.8 Å². The van der Waals surface area contributed by atoms with E-state index >= 15 is 0 Å². The lowest BCUT2D eigenvalue weighted by molar-refractivity contribution is -0.117. The number of nitrogens with zero attached hydrogens (tertiary/aromatic N) is 3. The Labute approximate surface area is 162 Å². The molecule has 2 atom stereocenters. The maximum Gasteiger partial charge on any atom is 0.271 e. The highest BCUT2D eigenvalue weighted by molar-refractivity contribution is 6.00. The average Bonchev–Trinajstić information content (AvgIpc) is 3.27. The van der Waals surface area contributed by atoms with Crippen molar-refractivity contribution in [2.45, 2.75) is 13.3 Å². The molecule has 3 aromatic rings. The number of nitrogens with one attached hydrogen (secondary N) is 2. The van der Waals surface area contributed by atoms with Crippen molar-refractivity contribution in [1.82, 2.24) is 20.1 Å². The van der Waals surface area contributed by atoms with E-state index in [4.69, 9.17) is 5.73 Å². The van der Waals surface area contributed by atoms with Crippen molar-refractivity contribution < 1.29 is 9.59 Å². The number of nitrogen functional groups attached to an aromatic ring is 1. The highest BCUT2D eigenvalue weighted by Gasteiger charge is 2.39. The molecule has 0 spiro atoms. The summed E-state index contributed by atoms with van der Waals surface area (Å²) in [6, 6.07) is 7.32. The van der Waals surface area contributed by atoms with Gasteiger partial charge < -0.3 is 16.4 Å². The van der Waals surface area contributed by atoms with Crippen LogP contribution in [0.25, 0.3) is 22.0 Å². The summed E-state index contributed by atoms with van der Waals surface area (Å²) in [5.41, 5.74) is 8.72. The smallest absolute Gasteiger partial charge is 0.271 e. The van der Waals surface area contributed by atoms with Crippen LogP contribution in [-0.4, -0.2) is 33.6 Å². The third-order valence-corrected chi connectivity index (χ3v) is 5.20. The van der Waals surface area contributed by atoms with Gasteiger partial charge in [-0.15, -0.1) is 0 Å². The van der Waals surface area contributed by atoms with E-state index in [1.165, 1.54) is 0 Å².